The lowest BCUT2D eigenvalue weighted by Gasteiger charge is -2.19. The van der Waals surface area contributed by atoms with Crippen molar-refractivity contribution in [2.75, 3.05) is 27.4 Å². The maximum atomic E-state index is 13.2. The summed E-state index contributed by atoms with van der Waals surface area (Å²) in [7, 11) is 2.40. The Morgan fingerprint density at radius 3 is 2.45 bits per heavy atom. The molecule has 4 rings (SSSR count). The number of benzene rings is 2. The van der Waals surface area contributed by atoms with Gasteiger partial charge in [0.2, 0.25) is 5.69 Å². The Morgan fingerprint density at radius 2 is 1.82 bits per heavy atom. The van der Waals surface area contributed by atoms with Crippen LogP contribution in [0.1, 0.15) is 29.5 Å². The number of fused-ring (bicyclic) bond motifs is 1. The molecule has 1 fully saturated rings. The Balaban J connectivity index is 1.41. The second-order valence-corrected chi connectivity index (χ2v) is 17.1. The summed E-state index contributed by atoms with van der Waals surface area (Å²) in [6.45, 7) is 8.83. The van der Waals surface area contributed by atoms with Crippen molar-refractivity contribution in [1.29, 1.82) is 0 Å². The van der Waals surface area contributed by atoms with Gasteiger partial charge in [0.25, 0.3) is 12.6 Å². The van der Waals surface area contributed by atoms with Gasteiger partial charge in [-0.1, -0.05) is 62.1 Å². The quantitative estimate of drug-likeness (QED) is 0.0569. The summed E-state index contributed by atoms with van der Waals surface area (Å²) in [5.74, 6) is 0.237. The number of hydrogen-bond acceptors (Lipinski definition) is 5. The van der Waals surface area contributed by atoms with Gasteiger partial charge in [-0.2, -0.15) is 4.58 Å². The van der Waals surface area contributed by atoms with Gasteiger partial charge in [-0.05, 0) is 30.0 Å². The normalized spacial score (nSPS) is 16.5. The van der Waals surface area contributed by atoms with Crippen LogP contribution in [0.2, 0.25) is 25.7 Å². The third-order valence-corrected chi connectivity index (χ3v) is 9.34. The maximum Gasteiger partial charge on any atom is 0.271 e. The SMILES string of the molecule is CNC(/N=C(\S)C1(c2ccccc2)CC1)=C(/NC)C(=O)NCc1cccc2c1C=[N+]2COCC[Si](C)(C)C. The lowest BCUT2D eigenvalue weighted by atomic mass is 9.97. The largest absolute Gasteiger partial charge is 0.381 e. The van der Waals surface area contributed by atoms with E-state index in [1.165, 1.54) is 5.56 Å². The fourth-order valence-corrected chi connectivity index (χ4v) is 5.75. The molecule has 0 radical (unpaired) electrons. The van der Waals surface area contributed by atoms with Gasteiger partial charge in [-0.15, -0.1) is 12.6 Å². The topological polar surface area (TPSA) is 77.8 Å². The summed E-state index contributed by atoms with van der Waals surface area (Å²) in [6, 6.07) is 17.6. The van der Waals surface area contributed by atoms with Gasteiger partial charge in [0.05, 0.1) is 11.7 Å². The van der Waals surface area contributed by atoms with Gasteiger partial charge >= 0.3 is 0 Å². The molecule has 38 heavy (non-hydrogen) atoms. The number of nitrogens with zero attached hydrogens (tertiary/aromatic N) is 2. The fraction of sp³-hybridized carbons (Fsp3) is 0.414. The van der Waals surface area contributed by atoms with E-state index < -0.39 is 8.07 Å². The van der Waals surface area contributed by atoms with Crippen LogP contribution in [0.5, 0.6) is 0 Å². The van der Waals surface area contributed by atoms with Gasteiger partial charge in [-0.25, -0.2) is 4.99 Å². The van der Waals surface area contributed by atoms with Gasteiger partial charge in [0.1, 0.15) is 11.3 Å². The molecule has 0 saturated heterocycles. The highest BCUT2D eigenvalue weighted by molar-refractivity contribution is 7.97. The summed E-state index contributed by atoms with van der Waals surface area (Å²) >= 11 is 4.77. The Kier molecular flexibility index (Phi) is 8.80. The molecule has 0 aromatic heterocycles. The molecular weight excluding hydrogens is 511 g/mol. The van der Waals surface area contributed by atoms with E-state index in [9.17, 15) is 4.79 Å². The number of aliphatic imine (C=N–C) groups is 1. The first-order valence-electron chi connectivity index (χ1n) is 13.2. The predicted octanol–water partition coefficient (Wildman–Crippen LogP) is 4.36. The molecule has 2 aromatic rings. The number of nitrogens with one attached hydrogen (secondary N) is 3. The van der Waals surface area contributed by atoms with Crippen molar-refractivity contribution in [2.24, 2.45) is 4.99 Å². The first-order valence-corrected chi connectivity index (χ1v) is 17.4. The van der Waals surface area contributed by atoms with Crippen molar-refractivity contribution in [2.45, 2.75) is 50.5 Å². The molecule has 7 nitrogen and oxygen atoms in total. The summed E-state index contributed by atoms with van der Waals surface area (Å²) in [5, 5.41) is 9.87. The van der Waals surface area contributed by atoms with Crippen molar-refractivity contribution in [3.63, 3.8) is 0 Å². The minimum atomic E-state index is -1.10. The fourth-order valence-electron chi connectivity index (χ4n) is 4.54. The third kappa shape index (κ3) is 6.39. The van der Waals surface area contributed by atoms with Gasteiger partial charge < -0.3 is 20.7 Å². The number of carbonyl (C=O) groups excluding carboxylic acids is 1. The van der Waals surface area contributed by atoms with E-state index in [0.29, 0.717) is 29.8 Å². The van der Waals surface area contributed by atoms with Crippen molar-refractivity contribution in [1.82, 2.24) is 16.0 Å². The van der Waals surface area contributed by atoms with E-state index in [2.05, 4.69) is 64.6 Å². The third-order valence-electron chi connectivity index (χ3n) is 7.11. The standard InChI is InChI=1S/C29H39N5O2SSi/c1-30-25(26(31-2)33-28(37)29(14-15-29)22-11-7-6-8-12-22)27(35)32-18-21-10-9-13-24-23(21)19-34(24)20-36-16-17-38(3,4)5/h6-13,19,30H,14-18,20H2,1-5H3,(H2-,31,32,33,35,37)/p+1. The highest BCUT2D eigenvalue weighted by Gasteiger charge is 2.48. The molecule has 1 heterocycles. The molecule has 0 atom stereocenters. The van der Waals surface area contributed by atoms with E-state index in [1.54, 1.807) is 14.1 Å². The van der Waals surface area contributed by atoms with Crippen molar-refractivity contribution < 1.29 is 14.1 Å². The number of ether oxygens (including phenoxy) is 1. The van der Waals surface area contributed by atoms with E-state index in [1.807, 2.05) is 30.3 Å². The lowest BCUT2D eigenvalue weighted by Crippen LogP contribution is -2.34. The van der Waals surface area contributed by atoms with E-state index in [4.69, 9.17) is 22.4 Å². The molecule has 2 aromatic carbocycles. The molecule has 1 amide bonds. The Morgan fingerprint density at radius 1 is 1.08 bits per heavy atom. The van der Waals surface area contributed by atoms with Crippen LogP contribution in [0.15, 0.2) is 65.0 Å². The zero-order chi connectivity index (χ0) is 27.3. The van der Waals surface area contributed by atoms with E-state index in [-0.39, 0.29) is 11.3 Å². The summed E-state index contributed by atoms with van der Waals surface area (Å²) in [5.41, 5.74) is 4.74. The van der Waals surface area contributed by atoms with Crippen LogP contribution >= 0.6 is 12.6 Å². The highest BCUT2D eigenvalue weighted by atomic mass is 32.1. The van der Waals surface area contributed by atoms with Crippen LogP contribution in [-0.4, -0.2) is 57.2 Å². The Labute approximate surface area is 232 Å². The maximum absolute atomic E-state index is 13.2. The number of amides is 1. The van der Waals surface area contributed by atoms with Crippen LogP contribution in [0, 0.1) is 0 Å². The predicted molar refractivity (Wildman–Crippen MR) is 161 cm³/mol. The molecule has 202 valence electrons. The molecule has 2 aliphatic rings. The average molecular weight is 551 g/mol. The molecule has 0 unspecified atom stereocenters. The number of likely N-dealkylation sites (N-methyl/N-ethyl adjacent to an activating group) is 1. The minimum Gasteiger partial charge on any atom is -0.381 e. The lowest BCUT2D eigenvalue weighted by molar-refractivity contribution is -0.496. The van der Waals surface area contributed by atoms with Crippen LogP contribution in [0.25, 0.3) is 0 Å². The summed E-state index contributed by atoms with van der Waals surface area (Å²) in [4.78, 5) is 18.0. The monoisotopic (exact) mass is 550 g/mol. The first kappa shape index (κ1) is 28.1. The zero-order valence-electron chi connectivity index (χ0n) is 23.1. The summed E-state index contributed by atoms with van der Waals surface area (Å²) < 4.78 is 8.02. The molecule has 0 bridgehead atoms. The van der Waals surface area contributed by atoms with Crippen LogP contribution in [0.3, 0.4) is 0 Å². The molecule has 0 spiro atoms. The number of carbonyl (C=O) groups is 1. The molecule has 1 aliphatic heterocycles. The Bertz CT molecular complexity index is 1260. The van der Waals surface area contributed by atoms with Crippen LogP contribution in [-0.2, 0) is 21.5 Å². The van der Waals surface area contributed by atoms with Crippen LogP contribution < -0.4 is 16.0 Å². The molecule has 1 saturated carbocycles. The van der Waals surface area contributed by atoms with Crippen molar-refractivity contribution >= 4 is 43.6 Å². The van der Waals surface area contributed by atoms with Crippen molar-refractivity contribution in [3.05, 3.63) is 76.7 Å². The average Bonchev–Trinajstić information content (AvgIpc) is 3.70. The number of thiol groups is 1. The van der Waals surface area contributed by atoms with Crippen molar-refractivity contribution in [3.8, 4) is 0 Å². The number of rotatable bonds is 13. The van der Waals surface area contributed by atoms with Gasteiger partial charge in [-0.3, -0.25) is 4.79 Å². The second-order valence-electron chi connectivity index (χ2n) is 11.1. The molecule has 3 N–H and O–H groups in total. The summed E-state index contributed by atoms with van der Waals surface area (Å²) in [6.07, 6.45) is 4.08. The van der Waals surface area contributed by atoms with Crippen LogP contribution in [0.4, 0.5) is 5.69 Å². The Hall–Kier alpha value is -2.88. The molecule has 9 heteroatoms. The first-order chi connectivity index (χ1) is 18.2. The van der Waals surface area contributed by atoms with E-state index >= 15 is 0 Å². The minimum absolute atomic E-state index is 0.172. The zero-order valence-corrected chi connectivity index (χ0v) is 25.0. The van der Waals surface area contributed by atoms with E-state index in [0.717, 1.165) is 42.3 Å². The highest BCUT2D eigenvalue weighted by Crippen LogP contribution is 2.50. The van der Waals surface area contributed by atoms with Gasteiger partial charge in [0.15, 0.2) is 12.0 Å². The number of hydrogen-bond donors (Lipinski definition) is 4. The molecule has 1 aliphatic carbocycles. The smallest absolute Gasteiger partial charge is 0.271 e. The second kappa shape index (κ2) is 11.9. The van der Waals surface area contributed by atoms with Gasteiger partial charge in [0, 0.05) is 40.2 Å². The molecular formula is C29H40N5O2SSi+.